The van der Waals surface area contributed by atoms with Gasteiger partial charge in [0.05, 0.1) is 6.42 Å². The molecule has 0 bridgehead atoms. The number of H-pyrrole nitrogens is 1. The molecule has 1 aromatic heterocycles. The zero-order valence-electron chi connectivity index (χ0n) is 14.5. The lowest BCUT2D eigenvalue weighted by Gasteiger charge is -2.21. The molecule has 3 aromatic rings. The molecule has 0 aliphatic rings. The van der Waals surface area contributed by atoms with Gasteiger partial charge in [0.1, 0.15) is 5.82 Å². The topological polar surface area (TPSA) is 48.1 Å². The van der Waals surface area contributed by atoms with Crippen LogP contribution in [0.5, 0.6) is 0 Å². The first kappa shape index (κ1) is 17.0. The van der Waals surface area contributed by atoms with Gasteiger partial charge < -0.3 is 15.2 Å². The lowest BCUT2D eigenvalue weighted by atomic mass is 10.1. The first-order valence-electron chi connectivity index (χ1n) is 8.51. The second kappa shape index (κ2) is 7.38. The number of halogens is 1. The average Bonchev–Trinajstić information content (AvgIpc) is 2.99. The number of nitrogens with zero attached hydrogens (tertiary/aromatic N) is 1. The number of benzene rings is 2. The molecule has 0 spiro atoms. The molecule has 0 unspecified atom stereocenters. The highest BCUT2D eigenvalue weighted by Crippen LogP contribution is 2.21. The second-order valence-corrected chi connectivity index (χ2v) is 5.95. The molecule has 2 N–H and O–H groups in total. The Kier molecular flexibility index (Phi) is 5.03. The molecule has 0 fully saturated rings. The largest absolute Gasteiger partial charge is 0.372 e. The molecule has 2 aromatic carbocycles. The fourth-order valence-corrected chi connectivity index (χ4v) is 3.03. The van der Waals surface area contributed by atoms with Crippen molar-refractivity contribution in [3.63, 3.8) is 0 Å². The number of aromatic amines is 1. The zero-order valence-corrected chi connectivity index (χ0v) is 14.5. The molecule has 0 radical (unpaired) electrons. The zero-order chi connectivity index (χ0) is 17.8. The van der Waals surface area contributed by atoms with Crippen molar-refractivity contribution in [2.24, 2.45) is 0 Å². The summed E-state index contributed by atoms with van der Waals surface area (Å²) in [6.07, 6.45) is 2.00. The molecule has 1 amide bonds. The van der Waals surface area contributed by atoms with E-state index in [1.807, 2.05) is 24.3 Å². The van der Waals surface area contributed by atoms with Crippen LogP contribution in [0.3, 0.4) is 0 Å². The van der Waals surface area contributed by atoms with Crippen molar-refractivity contribution in [1.29, 1.82) is 0 Å². The van der Waals surface area contributed by atoms with Gasteiger partial charge in [0, 0.05) is 41.6 Å². The number of carbonyl (C=O) groups is 1. The van der Waals surface area contributed by atoms with Crippen LogP contribution in [0.4, 0.5) is 15.8 Å². The fraction of sp³-hybridized carbons (Fsp3) is 0.250. The Labute approximate surface area is 146 Å². The Morgan fingerprint density at radius 2 is 1.84 bits per heavy atom. The lowest BCUT2D eigenvalue weighted by Crippen LogP contribution is -2.21. The number of hydrogen-bond acceptors (Lipinski definition) is 2. The Morgan fingerprint density at radius 3 is 2.52 bits per heavy atom. The normalized spacial score (nSPS) is 10.8. The van der Waals surface area contributed by atoms with Crippen molar-refractivity contribution in [3.05, 3.63) is 60.0 Å². The maximum absolute atomic E-state index is 13.2. The van der Waals surface area contributed by atoms with E-state index in [2.05, 4.69) is 29.0 Å². The van der Waals surface area contributed by atoms with E-state index in [0.29, 0.717) is 5.52 Å². The molecule has 130 valence electrons. The van der Waals surface area contributed by atoms with Crippen molar-refractivity contribution in [1.82, 2.24) is 4.98 Å². The number of amides is 1. The molecule has 1 heterocycles. The van der Waals surface area contributed by atoms with Gasteiger partial charge >= 0.3 is 0 Å². The number of hydrogen-bond donors (Lipinski definition) is 2. The predicted octanol–water partition coefficient (Wildman–Crippen LogP) is 4.33. The van der Waals surface area contributed by atoms with Gasteiger partial charge in [-0.1, -0.05) is 0 Å². The number of anilines is 2. The maximum Gasteiger partial charge on any atom is 0.228 e. The Hall–Kier alpha value is -2.82. The van der Waals surface area contributed by atoms with Crippen molar-refractivity contribution in [2.45, 2.75) is 20.3 Å². The van der Waals surface area contributed by atoms with Gasteiger partial charge in [0.15, 0.2) is 0 Å². The van der Waals surface area contributed by atoms with Crippen molar-refractivity contribution >= 4 is 28.2 Å². The van der Waals surface area contributed by atoms with Crippen LogP contribution in [0.1, 0.15) is 19.4 Å². The Balaban J connectivity index is 1.67. The average molecular weight is 339 g/mol. The highest BCUT2D eigenvalue weighted by Gasteiger charge is 2.10. The third kappa shape index (κ3) is 3.82. The third-order valence-corrected chi connectivity index (χ3v) is 4.36. The van der Waals surface area contributed by atoms with Crippen LogP contribution in [0, 0.1) is 5.82 Å². The van der Waals surface area contributed by atoms with Crippen molar-refractivity contribution in [2.75, 3.05) is 23.3 Å². The lowest BCUT2D eigenvalue weighted by molar-refractivity contribution is -0.115. The molecule has 0 saturated heterocycles. The summed E-state index contributed by atoms with van der Waals surface area (Å²) >= 11 is 0. The van der Waals surface area contributed by atoms with Gasteiger partial charge in [-0.15, -0.1) is 0 Å². The van der Waals surface area contributed by atoms with Gasteiger partial charge in [0.25, 0.3) is 0 Å². The SMILES string of the molecule is CCN(CC)c1ccc(NC(=O)Cc2c[nH]c3cc(F)ccc23)cc1. The summed E-state index contributed by atoms with van der Waals surface area (Å²) in [4.78, 5) is 17.6. The van der Waals surface area contributed by atoms with Gasteiger partial charge in [-0.05, 0) is 61.9 Å². The first-order chi connectivity index (χ1) is 12.1. The molecule has 0 saturated carbocycles. The highest BCUT2D eigenvalue weighted by molar-refractivity contribution is 5.95. The summed E-state index contributed by atoms with van der Waals surface area (Å²) in [5, 5.41) is 3.78. The first-order valence-corrected chi connectivity index (χ1v) is 8.51. The summed E-state index contributed by atoms with van der Waals surface area (Å²) in [5.41, 5.74) is 3.46. The standard InChI is InChI=1S/C20H22FN3O/c1-3-24(4-2)17-8-6-16(7-9-17)23-20(25)11-14-13-22-19-12-15(21)5-10-18(14)19/h5-10,12-13,22H,3-4,11H2,1-2H3,(H,23,25). The van der Waals surface area contributed by atoms with Crippen molar-refractivity contribution in [3.8, 4) is 0 Å². The monoisotopic (exact) mass is 339 g/mol. The Morgan fingerprint density at radius 1 is 1.12 bits per heavy atom. The quantitative estimate of drug-likeness (QED) is 0.702. The van der Waals surface area contributed by atoms with E-state index in [9.17, 15) is 9.18 Å². The summed E-state index contributed by atoms with van der Waals surface area (Å²) < 4.78 is 13.2. The van der Waals surface area contributed by atoms with Crippen LogP contribution in [-0.4, -0.2) is 24.0 Å². The fourth-order valence-electron chi connectivity index (χ4n) is 3.03. The molecule has 0 aliphatic heterocycles. The summed E-state index contributed by atoms with van der Waals surface area (Å²) in [7, 11) is 0. The predicted molar refractivity (Wildman–Crippen MR) is 101 cm³/mol. The van der Waals surface area contributed by atoms with Crippen LogP contribution in [0.25, 0.3) is 10.9 Å². The molecule has 25 heavy (non-hydrogen) atoms. The molecular formula is C20H22FN3O. The van der Waals surface area contributed by atoms with Gasteiger partial charge in [-0.2, -0.15) is 0 Å². The molecule has 0 atom stereocenters. The molecular weight excluding hydrogens is 317 g/mol. The smallest absolute Gasteiger partial charge is 0.228 e. The number of rotatable bonds is 6. The molecule has 5 heteroatoms. The molecule has 0 aliphatic carbocycles. The number of nitrogens with one attached hydrogen (secondary N) is 2. The van der Waals surface area contributed by atoms with Gasteiger partial charge in [-0.25, -0.2) is 4.39 Å². The highest BCUT2D eigenvalue weighted by atomic mass is 19.1. The summed E-state index contributed by atoms with van der Waals surface area (Å²) in [5.74, 6) is -0.389. The van der Waals surface area contributed by atoms with Crippen LogP contribution in [-0.2, 0) is 11.2 Å². The molecule has 3 rings (SSSR count). The van der Waals surface area contributed by atoms with E-state index in [0.717, 1.165) is 35.4 Å². The van der Waals surface area contributed by atoms with E-state index in [-0.39, 0.29) is 18.1 Å². The number of aromatic nitrogens is 1. The minimum absolute atomic E-state index is 0.0965. The number of carbonyl (C=O) groups excluding carboxylic acids is 1. The van der Waals surface area contributed by atoms with E-state index in [1.165, 1.54) is 12.1 Å². The number of fused-ring (bicyclic) bond motifs is 1. The third-order valence-electron chi connectivity index (χ3n) is 4.36. The minimum Gasteiger partial charge on any atom is -0.372 e. The van der Waals surface area contributed by atoms with Crippen molar-refractivity contribution < 1.29 is 9.18 Å². The minimum atomic E-state index is -0.293. The van der Waals surface area contributed by atoms with Crippen LogP contribution in [0.15, 0.2) is 48.7 Å². The van der Waals surface area contributed by atoms with E-state index in [1.54, 1.807) is 12.3 Å². The maximum atomic E-state index is 13.2. The summed E-state index contributed by atoms with van der Waals surface area (Å²) in [6, 6.07) is 12.4. The van der Waals surface area contributed by atoms with Crippen LogP contribution < -0.4 is 10.2 Å². The molecule has 4 nitrogen and oxygen atoms in total. The summed E-state index contributed by atoms with van der Waals surface area (Å²) in [6.45, 7) is 6.13. The van der Waals surface area contributed by atoms with Gasteiger partial charge in [0.2, 0.25) is 5.91 Å². The Bertz CT molecular complexity index is 866. The van der Waals surface area contributed by atoms with E-state index >= 15 is 0 Å². The van der Waals surface area contributed by atoms with E-state index in [4.69, 9.17) is 0 Å². The van der Waals surface area contributed by atoms with Crippen LogP contribution in [0.2, 0.25) is 0 Å². The van der Waals surface area contributed by atoms with E-state index < -0.39 is 0 Å². The van der Waals surface area contributed by atoms with Crippen LogP contribution >= 0.6 is 0 Å². The second-order valence-electron chi connectivity index (χ2n) is 5.95. The van der Waals surface area contributed by atoms with Gasteiger partial charge in [-0.3, -0.25) is 4.79 Å².